The van der Waals surface area contributed by atoms with Crippen LogP contribution in [0, 0.1) is 0 Å². The maximum atomic E-state index is 6.22. The monoisotopic (exact) mass is 793 g/mol. The third-order valence-electron chi connectivity index (χ3n) is 12.6. The zero-order valence-electron chi connectivity index (χ0n) is 33.0. The Balaban J connectivity index is 0.883. The number of aromatic nitrogens is 1. The Morgan fingerprint density at radius 1 is 0.344 bits per heavy atom. The number of furan rings is 1. The third kappa shape index (κ3) is 5.34. The SMILES string of the molecule is c1ccc(-c2ccccc2-c2ccc(-c3cccc4c3sc3ccc(-c5ccc6c(c5)c5ccccc5n6-c5ccc6c(ccc7oc8ccccc8c76)c5)cc34)cc2)cc1. The van der Waals surface area contributed by atoms with E-state index >= 15 is 0 Å². The molecule has 3 heteroatoms. The van der Waals surface area contributed by atoms with E-state index in [1.54, 1.807) is 0 Å². The number of para-hydroxylation sites is 2. The van der Waals surface area contributed by atoms with Gasteiger partial charge in [0.2, 0.25) is 0 Å². The molecule has 0 N–H and O–H groups in total. The van der Waals surface area contributed by atoms with Gasteiger partial charge in [-0.1, -0.05) is 158 Å². The standard InChI is InChI=1S/C58H35NOS/c1-2-11-36(12-3-1)43-13-4-5-14-44(43)37-21-23-38(24-22-37)46-17-10-18-48-51-35-40(27-32-56(51)61-58(46)48)39-25-30-53-50(34-39)47-15-6-8-19-52(47)59(53)42-28-29-45-41(33-42)26-31-55-57(45)49-16-7-9-20-54(49)60-55/h1-35H. The van der Waals surface area contributed by atoms with Gasteiger partial charge in [0.15, 0.2) is 0 Å². The Morgan fingerprint density at radius 2 is 0.967 bits per heavy atom. The van der Waals surface area contributed by atoms with E-state index in [0.29, 0.717) is 0 Å². The van der Waals surface area contributed by atoms with Crippen LogP contribution in [0.15, 0.2) is 217 Å². The summed E-state index contributed by atoms with van der Waals surface area (Å²) in [7, 11) is 0. The highest BCUT2D eigenvalue weighted by Gasteiger charge is 2.17. The summed E-state index contributed by atoms with van der Waals surface area (Å²) < 4.78 is 11.3. The second-order valence-corrected chi connectivity index (χ2v) is 17.1. The van der Waals surface area contributed by atoms with Crippen molar-refractivity contribution in [3.05, 3.63) is 212 Å². The minimum atomic E-state index is 0.923. The summed E-state index contributed by atoms with van der Waals surface area (Å²) in [5.41, 5.74) is 15.3. The molecule has 0 saturated heterocycles. The number of fused-ring (bicyclic) bond motifs is 11. The predicted molar refractivity (Wildman–Crippen MR) is 260 cm³/mol. The van der Waals surface area contributed by atoms with Crippen molar-refractivity contribution >= 4 is 86.0 Å². The van der Waals surface area contributed by atoms with E-state index in [9.17, 15) is 0 Å². The lowest BCUT2D eigenvalue weighted by molar-refractivity contribution is 0.669. The molecule has 13 rings (SSSR count). The van der Waals surface area contributed by atoms with Crippen LogP contribution in [0.2, 0.25) is 0 Å². The van der Waals surface area contributed by atoms with Crippen molar-refractivity contribution in [1.82, 2.24) is 4.57 Å². The predicted octanol–water partition coefficient (Wildman–Crippen LogP) is 16.9. The van der Waals surface area contributed by atoms with Gasteiger partial charge in [-0.15, -0.1) is 11.3 Å². The van der Waals surface area contributed by atoms with Gasteiger partial charge in [-0.2, -0.15) is 0 Å². The van der Waals surface area contributed by atoms with Gasteiger partial charge in [-0.3, -0.25) is 0 Å². The van der Waals surface area contributed by atoms with Gasteiger partial charge in [0.25, 0.3) is 0 Å². The molecule has 0 amide bonds. The fourth-order valence-electron chi connectivity index (χ4n) is 9.75. The first-order chi connectivity index (χ1) is 30.2. The van der Waals surface area contributed by atoms with Crippen LogP contribution in [0.4, 0.5) is 0 Å². The molecule has 0 saturated carbocycles. The number of benzene rings is 10. The average molecular weight is 794 g/mol. The van der Waals surface area contributed by atoms with E-state index in [0.717, 1.165) is 22.2 Å². The van der Waals surface area contributed by atoms with Crippen molar-refractivity contribution in [2.75, 3.05) is 0 Å². The van der Waals surface area contributed by atoms with E-state index in [-0.39, 0.29) is 0 Å². The Morgan fingerprint density at radius 3 is 1.80 bits per heavy atom. The molecule has 0 radical (unpaired) electrons. The van der Waals surface area contributed by atoms with Crippen molar-refractivity contribution in [3.63, 3.8) is 0 Å². The largest absolute Gasteiger partial charge is 0.456 e. The first-order valence-corrected chi connectivity index (χ1v) is 21.6. The third-order valence-corrected chi connectivity index (χ3v) is 13.8. The van der Waals surface area contributed by atoms with Gasteiger partial charge in [-0.05, 0) is 110 Å². The Bertz CT molecular complexity index is 3870. The summed E-state index contributed by atoms with van der Waals surface area (Å²) in [6.45, 7) is 0. The van der Waals surface area contributed by atoms with Crippen molar-refractivity contribution < 1.29 is 4.42 Å². The van der Waals surface area contributed by atoms with E-state index in [1.165, 1.54) is 103 Å². The first-order valence-electron chi connectivity index (χ1n) is 20.8. The lowest BCUT2D eigenvalue weighted by Crippen LogP contribution is -1.94. The van der Waals surface area contributed by atoms with Gasteiger partial charge in [-0.25, -0.2) is 0 Å². The molecule has 10 aromatic carbocycles. The van der Waals surface area contributed by atoms with Gasteiger partial charge < -0.3 is 8.98 Å². The van der Waals surface area contributed by atoms with Crippen LogP contribution < -0.4 is 0 Å². The first kappa shape index (κ1) is 34.2. The number of nitrogens with zero attached hydrogens (tertiary/aromatic N) is 1. The molecule has 13 aromatic rings. The Labute approximate surface area is 355 Å². The maximum absolute atomic E-state index is 6.22. The molecule has 0 spiro atoms. The normalized spacial score (nSPS) is 11.9. The number of thiophene rings is 1. The van der Waals surface area contributed by atoms with E-state index < -0.39 is 0 Å². The summed E-state index contributed by atoms with van der Waals surface area (Å²) in [4.78, 5) is 0. The molecule has 3 heterocycles. The highest BCUT2D eigenvalue weighted by molar-refractivity contribution is 7.26. The zero-order chi connectivity index (χ0) is 40.0. The van der Waals surface area contributed by atoms with Crippen LogP contribution in [0.1, 0.15) is 0 Å². The summed E-state index contributed by atoms with van der Waals surface area (Å²) in [5, 5.41) is 9.82. The molecular weight excluding hydrogens is 759 g/mol. The molecule has 61 heavy (non-hydrogen) atoms. The zero-order valence-corrected chi connectivity index (χ0v) is 33.8. The van der Waals surface area contributed by atoms with Gasteiger partial charge in [0.05, 0.1) is 11.0 Å². The Kier molecular flexibility index (Phi) is 7.51. The van der Waals surface area contributed by atoms with E-state index in [2.05, 4.69) is 205 Å². The maximum Gasteiger partial charge on any atom is 0.136 e. The molecule has 0 atom stereocenters. The molecule has 0 fully saturated rings. The van der Waals surface area contributed by atoms with Crippen LogP contribution in [-0.2, 0) is 0 Å². The second kappa shape index (κ2) is 13.4. The summed E-state index contributed by atoms with van der Waals surface area (Å²) >= 11 is 1.89. The van der Waals surface area contributed by atoms with E-state index in [4.69, 9.17) is 4.42 Å². The number of hydrogen-bond acceptors (Lipinski definition) is 2. The molecule has 0 unspecified atom stereocenters. The summed E-state index contributed by atoms with van der Waals surface area (Å²) in [5.74, 6) is 0. The molecule has 0 aliphatic carbocycles. The van der Waals surface area contributed by atoms with E-state index in [1.807, 2.05) is 23.5 Å². The van der Waals surface area contributed by atoms with Crippen LogP contribution in [0.25, 0.3) is 125 Å². The molecule has 2 nitrogen and oxygen atoms in total. The molecule has 0 aliphatic rings. The highest BCUT2D eigenvalue weighted by atomic mass is 32.1. The summed E-state index contributed by atoms with van der Waals surface area (Å²) in [6, 6.07) is 77.4. The van der Waals surface area contributed by atoms with Crippen molar-refractivity contribution in [2.24, 2.45) is 0 Å². The van der Waals surface area contributed by atoms with Crippen LogP contribution >= 0.6 is 11.3 Å². The Hall–Kier alpha value is -7.72. The summed E-state index contributed by atoms with van der Waals surface area (Å²) in [6.07, 6.45) is 0. The van der Waals surface area contributed by atoms with Crippen molar-refractivity contribution in [2.45, 2.75) is 0 Å². The second-order valence-electron chi connectivity index (χ2n) is 16.0. The topological polar surface area (TPSA) is 18.1 Å². The molecule has 3 aromatic heterocycles. The quantitative estimate of drug-likeness (QED) is 0.170. The number of rotatable bonds is 5. The van der Waals surface area contributed by atoms with Crippen LogP contribution in [0.5, 0.6) is 0 Å². The van der Waals surface area contributed by atoms with Crippen LogP contribution in [-0.4, -0.2) is 4.57 Å². The number of hydrogen-bond donors (Lipinski definition) is 0. The van der Waals surface area contributed by atoms with Gasteiger partial charge >= 0.3 is 0 Å². The highest BCUT2D eigenvalue weighted by Crippen LogP contribution is 2.44. The fourth-order valence-corrected chi connectivity index (χ4v) is 11.0. The average Bonchev–Trinajstić information content (AvgIpc) is 4.01. The molecule has 0 bridgehead atoms. The van der Waals surface area contributed by atoms with Gasteiger partial charge in [0.1, 0.15) is 11.2 Å². The molecule has 284 valence electrons. The van der Waals surface area contributed by atoms with Gasteiger partial charge in [0, 0.05) is 47.4 Å². The smallest absolute Gasteiger partial charge is 0.136 e. The lowest BCUT2D eigenvalue weighted by Gasteiger charge is -2.11. The minimum absolute atomic E-state index is 0.923. The van der Waals surface area contributed by atoms with Crippen molar-refractivity contribution in [1.29, 1.82) is 0 Å². The van der Waals surface area contributed by atoms with Crippen molar-refractivity contribution in [3.8, 4) is 50.2 Å². The minimum Gasteiger partial charge on any atom is -0.456 e. The van der Waals surface area contributed by atoms with Crippen LogP contribution in [0.3, 0.4) is 0 Å². The lowest BCUT2D eigenvalue weighted by atomic mass is 9.93. The molecule has 0 aliphatic heterocycles. The molecular formula is C58H35NOS. The fraction of sp³-hybridized carbons (Fsp3) is 0.